The second-order valence-corrected chi connectivity index (χ2v) is 10.2. The Morgan fingerprint density at radius 3 is 2.34 bits per heavy atom. The fraction of sp³-hybridized carbons (Fsp3) is 0.652. The number of carbonyl (C=O) groups excluding carboxylic acids is 1. The summed E-state index contributed by atoms with van der Waals surface area (Å²) < 4.78 is 6.07. The van der Waals surface area contributed by atoms with E-state index in [0.717, 1.165) is 25.2 Å². The van der Waals surface area contributed by atoms with E-state index in [1.807, 2.05) is 0 Å². The number of primary amides is 1. The number of hydrogen-bond donors (Lipinski definition) is 1. The first-order valence-electron chi connectivity index (χ1n) is 11.5. The van der Waals surface area contributed by atoms with E-state index in [2.05, 4.69) is 40.6 Å². The zero-order valence-corrected chi connectivity index (χ0v) is 20.5. The van der Waals surface area contributed by atoms with Crippen LogP contribution in [-0.2, 0) is 0 Å². The van der Waals surface area contributed by atoms with Crippen LogP contribution in [0.15, 0.2) is 16.5 Å². The predicted molar refractivity (Wildman–Crippen MR) is 130 cm³/mol. The normalized spacial score (nSPS) is 31.5. The molecule has 1 aromatic carbocycles. The molecule has 2 bridgehead atoms. The van der Waals surface area contributed by atoms with Gasteiger partial charge in [0.1, 0.15) is 5.52 Å². The van der Waals surface area contributed by atoms with E-state index in [0.29, 0.717) is 33.7 Å². The van der Waals surface area contributed by atoms with E-state index in [-0.39, 0.29) is 24.5 Å². The number of amides is 1. The first-order chi connectivity index (χ1) is 14.8. The van der Waals surface area contributed by atoms with Crippen LogP contribution in [0.5, 0.6) is 0 Å². The van der Waals surface area contributed by atoms with Gasteiger partial charge in [-0.25, -0.2) is 0 Å². The Morgan fingerprint density at radius 2 is 1.75 bits per heavy atom. The van der Waals surface area contributed by atoms with E-state index in [4.69, 9.17) is 21.8 Å². The fourth-order valence-electron chi connectivity index (χ4n) is 6.21. The first kappa shape index (κ1) is 23.6. The van der Waals surface area contributed by atoms with Crippen LogP contribution in [0.1, 0.15) is 56.3 Å². The van der Waals surface area contributed by atoms with Crippen molar-refractivity contribution in [1.29, 1.82) is 0 Å². The maximum absolute atomic E-state index is 11.9. The molecule has 7 nitrogen and oxygen atoms in total. The molecule has 3 aliphatic rings. The van der Waals surface area contributed by atoms with E-state index >= 15 is 0 Å². The average Bonchev–Trinajstić information content (AvgIpc) is 3.09. The molecular formula is C23H33Cl2N5O2. The molecule has 9 heteroatoms. The smallest absolute Gasteiger partial charge is 0.298 e. The van der Waals surface area contributed by atoms with Crippen molar-refractivity contribution in [3.05, 3.63) is 22.7 Å². The number of carbonyl (C=O) groups is 1. The highest BCUT2D eigenvalue weighted by Gasteiger charge is 2.41. The highest BCUT2D eigenvalue weighted by atomic mass is 35.5. The van der Waals surface area contributed by atoms with Gasteiger partial charge in [0.2, 0.25) is 0 Å². The van der Waals surface area contributed by atoms with Crippen LogP contribution in [0.3, 0.4) is 0 Å². The third-order valence-electron chi connectivity index (χ3n) is 7.71. The van der Waals surface area contributed by atoms with Crippen molar-refractivity contribution in [3.8, 4) is 0 Å². The van der Waals surface area contributed by atoms with Gasteiger partial charge in [-0.2, -0.15) is 4.98 Å². The second-order valence-electron chi connectivity index (χ2n) is 9.75. The van der Waals surface area contributed by atoms with E-state index < -0.39 is 5.91 Å². The predicted octanol–water partition coefficient (Wildman–Crippen LogP) is 3.92. The van der Waals surface area contributed by atoms with Crippen molar-refractivity contribution >= 4 is 47.0 Å². The number of piperazine rings is 1. The number of fused-ring (bicyclic) bond motifs is 3. The van der Waals surface area contributed by atoms with Crippen LogP contribution in [0.2, 0.25) is 5.02 Å². The van der Waals surface area contributed by atoms with Crippen molar-refractivity contribution in [1.82, 2.24) is 14.8 Å². The first-order valence-corrected chi connectivity index (χ1v) is 11.8. The number of oxazole rings is 1. The van der Waals surface area contributed by atoms with Gasteiger partial charge in [0, 0.05) is 54.4 Å². The molecule has 0 saturated carbocycles. The Kier molecular flexibility index (Phi) is 6.65. The Labute approximate surface area is 200 Å². The molecule has 5 rings (SSSR count). The standard InChI is InChI=1S/C23H32ClN5O2.ClH/c1-13-11-28(18-9-16-5-4-6-17(10-18)27(16)3)12-14(2)29(13)23-26-21-19(22(25)30)7-15(24)8-20(21)31-23;/h7-8,13-14,16-18H,4-6,9-12H2,1-3H3,(H2,25,30);1H/t13-,14-,16?,17?,18?;/m0./s1. The van der Waals surface area contributed by atoms with E-state index in [9.17, 15) is 4.79 Å². The van der Waals surface area contributed by atoms with Gasteiger partial charge in [0.05, 0.1) is 5.56 Å². The lowest BCUT2D eigenvalue weighted by molar-refractivity contribution is -0.000308. The number of aromatic nitrogens is 1. The lowest BCUT2D eigenvalue weighted by atomic mass is 9.81. The van der Waals surface area contributed by atoms with E-state index in [1.54, 1.807) is 12.1 Å². The summed E-state index contributed by atoms with van der Waals surface area (Å²) in [6, 6.07) is 6.42. The molecule has 2 unspecified atom stereocenters. The number of nitrogens with two attached hydrogens (primary N) is 1. The molecule has 0 aliphatic carbocycles. The molecular weight excluding hydrogens is 449 g/mol. The number of nitrogens with zero attached hydrogens (tertiary/aromatic N) is 4. The second kappa shape index (κ2) is 9.01. The van der Waals surface area contributed by atoms with Gasteiger partial charge in [0.15, 0.2) is 5.58 Å². The van der Waals surface area contributed by atoms with Crippen molar-refractivity contribution in [2.75, 3.05) is 25.0 Å². The van der Waals surface area contributed by atoms with Gasteiger partial charge in [-0.1, -0.05) is 18.0 Å². The molecule has 176 valence electrons. The molecule has 2 aromatic rings. The number of benzene rings is 1. The molecule has 2 N–H and O–H groups in total. The van der Waals surface area contributed by atoms with Crippen LogP contribution in [-0.4, -0.2) is 71.0 Å². The third-order valence-corrected chi connectivity index (χ3v) is 7.93. The minimum atomic E-state index is -0.550. The zero-order valence-electron chi connectivity index (χ0n) is 19.0. The van der Waals surface area contributed by atoms with Gasteiger partial charge in [0.25, 0.3) is 11.9 Å². The SMILES string of the molecule is C[C@H]1CN(C2CC3CCCC(C2)N3C)C[C@H](C)N1c1nc2c(C(N)=O)cc(Cl)cc2o1.Cl. The van der Waals surface area contributed by atoms with Crippen LogP contribution in [0.25, 0.3) is 11.1 Å². The van der Waals surface area contributed by atoms with Gasteiger partial charge in [-0.3, -0.25) is 9.69 Å². The highest BCUT2D eigenvalue weighted by molar-refractivity contribution is 6.32. The topological polar surface area (TPSA) is 78.8 Å². The Morgan fingerprint density at radius 1 is 1.12 bits per heavy atom. The maximum Gasteiger partial charge on any atom is 0.298 e. The summed E-state index contributed by atoms with van der Waals surface area (Å²) in [7, 11) is 2.31. The lowest BCUT2D eigenvalue weighted by Crippen LogP contribution is -2.63. The lowest BCUT2D eigenvalue weighted by Gasteiger charge is -2.53. The molecule has 3 aliphatic heterocycles. The van der Waals surface area contributed by atoms with Crippen molar-refractivity contribution in [2.45, 2.75) is 76.2 Å². The molecule has 1 aromatic heterocycles. The molecule has 1 amide bonds. The number of piperidine rings is 2. The quantitative estimate of drug-likeness (QED) is 0.715. The molecule has 3 saturated heterocycles. The summed E-state index contributed by atoms with van der Waals surface area (Å²) in [6.07, 6.45) is 6.60. The molecule has 0 spiro atoms. The molecule has 4 atom stereocenters. The monoisotopic (exact) mass is 481 g/mol. The van der Waals surface area contributed by atoms with Crippen LogP contribution < -0.4 is 10.6 Å². The molecule has 32 heavy (non-hydrogen) atoms. The Balaban J connectivity index is 0.00000245. The number of halogens is 2. The van der Waals surface area contributed by atoms with Crippen LogP contribution >= 0.6 is 24.0 Å². The Bertz CT molecular complexity index is 972. The molecule has 4 heterocycles. The molecule has 3 fully saturated rings. The van der Waals surface area contributed by atoms with Crippen molar-refractivity contribution in [2.24, 2.45) is 5.73 Å². The summed E-state index contributed by atoms with van der Waals surface area (Å²) >= 11 is 6.16. The van der Waals surface area contributed by atoms with Crippen molar-refractivity contribution in [3.63, 3.8) is 0 Å². The van der Waals surface area contributed by atoms with Crippen molar-refractivity contribution < 1.29 is 9.21 Å². The van der Waals surface area contributed by atoms with E-state index in [1.165, 1.54) is 32.1 Å². The minimum Gasteiger partial charge on any atom is -0.423 e. The summed E-state index contributed by atoms with van der Waals surface area (Å²) in [5.74, 6) is -0.550. The Hall–Kier alpha value is -1.54. The highest BCUT2D eigenvalue weighted by Crippen LogP contribution is 2.37. The molecule has 0 radical (unpaired) electrons. The van der Waals surface area contributed by atoms with Gasteiger partial charge in [-0.05, 0) is 52.6 Å². The van der Waals surface area contributed by atoms with Crippen LogP contribution in [0.4, 0.5) is 6.01 Å². The summed E-state index contributed by atoms with van der Waals surface area (Å²) in [5, 5.41) is 0.419. The maximum atomic E-state index is 11.9. The largest absolute Gasteiger partial charge is 0.423 e. The number of rotatable bonds is 3. The summed E-state index contributed by atoms with van der Waals surface area (Å²) in [5.41, 5.74) is 6.82. The summed E-state index contributed by atoms with van der Waals surface area (Å²) in [4.78, 5) is 24.1. The summed E-state index contributed by atoms with van der Waals surface area (Å²) in [6.45, 7) is 6.44. The number of hydrogen-bond acceptors (Lipinski definition) is 6. The average molecular weight is 482 g/mol. The number of anilines is 1. The van der Waals surface area contributed by atoms with Crippen LogP contribution in [0, 0.1) is 0 Å². The zero-order chi connectivity index (χ0) is 21.9. The third kappa shape index (κ3) is 4.09. The van der Waals surface area contributed by atoms with Gasteiger partial charge < -0.3 is 20.0 Å². The minimum absolute atomic E-state index is 0. The van der Waals surface area contributed by atoms with Gasteiger partial charge >= 0.3 is 0 Å². The fourth-order valence-corrected chi connectivity index (χ4v) is 6.41. The van der Waals surface area contributed by atoms with Gasteiger partial charge in [-0.15, -0.1) is 12.4 Å².